The van der Waals surface area contributed by atoms with Crippen LogP contribution in [0.3, 0.4) is 0 Å². The molecule has 3 aromatic rings. The van der Waals surface area contributed by atoms with Crippen molar-refractivity contribution < 1.29 is 4.42 Å². The van der Waals surface area contributed by atoms with E-state index in [1.807, 2.05) is 60.7 Å². The number of hydrogen-bond acceptors (Lipinski definition) is 2. The van der Waals surface area contributed by atoms with Gasteiger partial charge in [-0.05, 0) is 18.1 Å². The van der Waals surface area contributed by atoms with E-state index in [1.165, 1.54) is 0 Å². The molecule has 0 amide bonds. The Hall–Kier alpha value is -2.79. The molecular formula is C17H11NO. The van der Waals surface area contributed by atoms with E-state index in [1.54, 1.807) is 6.26 Å². The first-order chi connectivity index (χ1) is 9.42. The van der Waals surface area contributed by atoms with Gasteiger partial charge in [0, 0.05) is 11.1 Å². The van der Waals surface area contributed by atoms with Crippen molar-refractivity contribution in [1.82, 2.24) is 4.98 Å². The van der Waals surface area contributed by atoms with E-state index in [9.17, 15) is 0 Å². The Morgan fingerprint density at radius 1 is 0.789 bits per heavy atom. The summed E-state index contributed by atoms with van der Waals surface area (Å²) in [7, 11) is 0. The second-order valence-corrected chi connectivity index (χ2v) is 4.02. The normalized spacial score (nSPS) is 9.68. The molecule has 0 aliphatic heterocycles. The van der Waals surface area contributed by atoms with Crippen LogP contribution in [0, 0.1) is 11.8 Å². The van der Waals surface area contributed by atoms with Crippen LogP contribution in [0.4, 0.5) is 0 Å². The molecule has 90 valence electrons. The van der Waals surface area contributed by atoms with Crippen molar-refractivity contribution in [2.24, 2.45) is 0 Å². The third kappa shape index (κ3) is 2.72. The SMILES string of the molecule is C(#Cc1nc(-c2ccccc2)co1)c1ccccc1. The van der Waals surface area contributed by atoms with Crippen molar-refractivity contribution >= 4 is 0 Å². The van der Waals surface area contributed by atoms with Crippen molar-refractivity contribution in [2.75, 3.05) is 0 Å². The molecule has 1 heterocycles. The van der Waals surface area contributed by atoms with Gasteiger partial charge in [0.15, 0.2) is 0 Å². The maximum absolute atomic E-state index is 5.36. The molecule has 0 N–H and O–H groups in total. The Balaban J connectivity index is 1.85. The summed E-state index contributed by atoms with van der Waals surface area (Å²) in [6.07, 6.45) is 1.63. The lowest BCUT2D eigenvalue weighted by Gasteiger charge is -1.91. The van der Waals surface area contributed by atoms with Crippen LogP contribution in [0.15, 0.2) is 71.3 Å². The van der Waals surface area contributed by atoms with Gasteiger partial charge in [-0.2, -0.15) is 0 Å². The molecule has 0 aliphatic carbocycles. The highest BCUT2D eigenvalue weighted by atomic mass is 16.3. The van der Waals surface area contributed by atoms with Gasteiger partial charge < -0.3 is 4.42 Å². The fourth-order valence-corrected chi connectivity index (χ4v) is 1.72. The molecule has 0 bridgehead atoms. The highest BCUT2D eigenvalue weighted by Crippen LogP contribution is 2.17. The maximum atomic E-state index is 5.36. The average molecular weight is 245 g/mol. The fraction of sp³-hybridized carbons (Fsp3) is 0. The van der Waals surface area contributed by atoms with Gasteiger partial charge in [-0.1, -0.05) is 54.5 Å². The molecule has 2 aromatic carbocycles. The van der Waals surface area contributed by atoms with Crippen LogP contribution in [0.2, 0.25) is 0 Å². The Labute approximate surface area is 111 Å². The van der Waals surface area contributed by atoms with Crippen LogP contribution in [-0.4, -0.2) is 4.98 Å². The Bertz CT molecular complexity index is 718. The summed E-state index contributed by atoms with van der Waals surface area (Å²) in [6.45, 7) is 0. The summed E-state index contributed by atoms with van der Waals surface area (Å²) in [4.78, 5) is 4.36. The van der Waals surface area contributed by atoms with Gasteiger partial charge >= 0.3 is 0 Å². The summed E-state index contributed by atoms with van der Waals surface area (Å²) >= 11 is 0. The number of oxazole rings is 1. The zero-order chi connectivity index (χ0) is 12.9. The molecule has 2 heteroatoms. The number of aromatic nitrogens is 1. The largest absolute Gasteiger partial charge is 0.438 e. The summed E-state index contributed by atoms with van der Waals surface area (Å²) in [6, 6.07) is 19.7. The number of rotatable bonds is 1. The molecule has 0 atom stereocenters. The number of hydrogen-bond donors (Lipinski definition) is 0. The van der Waals surface area contributed by atoms with Gasteiger partial charge in [0.05, 0.1) is 0 Å². The Morgan fingerprint density at radius 3 is 2.21 bits per heavy atom. The molecule has 0 fully saturated rings. The molecule has 0 unspecified atom stereocenters. The van der Waals surface area contributed by atoms with E-state index in [2.05, 4.69) is 16.8 Å². The van der Waals surface area contributed by atoms with Gasteiger partial charge in [-0.15, -0.1) is 0 Å². The van der Waals surface area contributed by atoms with Gasteiger partial charge in [-0.3, -0.25) is 0 Å². The third-order valence-electron chi connectivity index (χ3n) is 2.66. The number of benzene rings is 2. The second-order valence-electron chi connectivity index (χ2n) is 4.02. The molecular weight excluding hydrogens is 234 g/mol. The lowest BCUT2D eigenvalue weighted by atomic mass is 10.2. The van der Waals surface area contributed by atoms with Crippen molar-refractivity contribution in [2.45, 2.75) is 0 Å². The topological polar surface area (TPSA) is 26.0 Å². The van der Waals surface area contributed by atoms with Crippen LogP contribution in [0.25, 0.3) is 11.3 Å². The minimum atomic E-state index is 0.433. The summed E-state index contributed by atoms with van der Waals surface area (Å²) < 4.78 is 5.36. The lowest BCUT2D eigenvalue weighted by Crippen LogP contribution is -1.78. The van der Waals surface area contributed by atoms with E-state index < -0.39 is 0 Å². The van der Waals surface area contributed by atoms with Crippen molar-refractivity contribution in [1.29, 1.82) is 0 Å². The Morgan fingerprint density at radius 2 is 1.47 bits per heavy atom. The van der Waals surface area contributed by atoms with Crippen molar-refractivity contribution in [3.63, 3.8) is 0 Å². The van der Waals surface area contributed by atoms with Gasteiger partial charge in [-0.25, -0.2) is 4.98 Å². The molecule has 0 aliphatic rings. The first kappa shape index (κ1) is 11.3. The smallest absolute Gasteiger partial charge is 0.274 e. The highest BCUT2D eigenvalue weighted by Gasteiger charge is 2.02. The standard InChI is InChI=1S/C17H11NO/c1-3-7-14(8-4-1)11-12-17-18-16(13-19-17)15-9-5-2-6-10-15/h1-10,13H. The molecule has 19 heavy (non-hydrogen) atoms. The second kappa shape index (κ2) is 5.24. The van der Waals surface area contributed by atoms with E-state index in [-0.39, 0.29) is 0 Å². The highest BCUT2D eigenvalue weighted by molar-refractivity contribution is 5.58. The van der Waals surface area contributed by atoms with E-state index in [0.717, 1.165) is 16.8 Å². The zero-order valence-electron chi connectivity index (χ0n) is 10.2. The molecule has 0 radical (unpaired) electrons. The maximum Gasteiger partial charge on any atom is 0.274 e. The summed E-state index contributed by atoms with van der Waals surface area (Å²) in [5.74, 6) is 6.38. The van der Waals surface area contributed by atoms with Crippen LogP contribution in [-0.2, 0) is 0 Å². The quantitative estimate of drug-likeness (QED) is 0.610. The van der Waals surface area contributed by atoms with Crippen molar-refractivity contribution in [3.8, 4) is 23.1 Å². The molecule has 1 aromatic heterocycles. The molecule has 3 rings (SSSR count). The first-order valence-electron chi connectivity index (χ1n) is 6.00. The fourth-order valence-electron chi connectivity index (χ4n) is 1.72. The monoisotopic (exact) mass is 245 g/mol. The summed E-state index contributed by atoms with van der Waals surface area (Å²) in [5.41, 5.74) is 2.78. The van der Waals surface area contributed by atoms with E-state index in [0.29, 0.717) is 5.89 Å². The first-order valence-corrected chi connectivity index (χ1v) is 6.00. The van der Waals surface area contributed by atoms with E-state index in [4.69, 9.17) is 4.42 Å². The van der Waals surface area contributed by atoms with Crippen LogP contribution >= 0.6 is 0 Å². The van der Waals surface area contributed by atoms with Crippen LogP contribution < -0.4 is 0 Å². The van der Waals surface area contributed by atoms with Gasteiger partial charge in [0.2, 0.25) is 0 Å². The molecule has 2 nitrogen and oxygen atoms in total. The predicted octanol–water partition coefficient (Wildman–Crippen LogP) is 3.74. The van der Waals surface area contributed by atoms with Gasteiger partial charge in [0.25, 0.3) is 5.89 Å². The number of nitrogens with zero attached hydrogens (tertiary/aromatic N) is 1. The molecule has 0 saturated carbocycles. The summed E-state index contributed by atoms with van der Waals surface area (Å²) in [5, 5.41) is 0. The molecule has 0 spiro atoms. The minimum Gasteiger partial charge on any atom is -0.438 e. The minimum absolute atomic E-state index is 0.433. The third-order valence-corrected chi connectivity index (χ3v) is 2.66. The van der Waals surface area contributed by atoms with E-state index >= 15 is 0 Å². The van der Waals surface area contributed by atoms with Crippen LogP contribution in [0.5, 0.6) is 0 Å². The van der Waals surface area contributed by atoms with Crippen LogP contribution in [0.1, 0.15) is 11.5 Å². The van der Waals surface area contributed by atoms with Gasteiger partial charge in [0.1, 0.15) is 12.0 Å². The molecule has 0 saturated heterocycles. The predicted molar refractivity (Wildman–Crippen MR) is 74.4 cm³/mol. The lowest BCUT2D eigenvalue weighted by molar-refractivity contribution is 0.544. The zero-order valence-corrected chi connectivity index (χ0v) is 10.2. The average Bonchev–Trinajstić information content (AvgIpc) is 2.96. The van der Waals surface area contributed by atoms with Crippen molar-refractivity contribution in [3.05, 3.63) is 78.4 Å². The Kier molecular flexibility index (Phi) is 3.12.